The predicted molar refractivity (Wildman–Crippen MR) is 72.3 cm³/mol. The number of aromatic nitrogens is 1. The molecule has 1 N–H and O–H groups in total. The number of carbonyl (C=O) groups excluding carboxylic acids is 1. The maximum absolute atomic E-state index is 11.4. The smallest absolute Gasteiger partial charge is 0.339 e. The zero-order valence-corrected chi connectivity index (χ0v) is 11.8. The lowest BCUT2D eigenvalue weighted by Crippen LogP contribution is -2.21. The number of nitrogens with one attached hydrogen (secondary N) is 1. The molecule has 1 aromatic rings. The van der Waals surface area contributed by atoms with Gasteiger partial charge in [-0.15, -0.1) is 0 Å². The summed E-state index contributed by atoms with van der Waals surface area (Å²) in [4.78, 5) is 15.6. The molecule has 0 amide bonds. The summed E-state index contributed by atoms with van der Waals surface area (Å²) >= 11 is 0. The SMILES string of the molecule is COC(=O)c1ccc(NCC(C)S(C)=O)nc1C. The molecule has 100 valence electrons. The Labute approximate surface area is 109 Å². The Balaban J connectivity index is 2.73. The van der Waals surface area contributed by atoms with Crippen molar-refractivity contribution < 1.29 is 13.7 Å². The summed E-state index contributed by atoms with van der Waals surface area (Å²) in [6, 6.07) is 3.38. The number of pyridine rings is 1. The molecule has 0 radical (unpaired) electrons. The largest absolute Gasteiger partial charge is 0.465 e. The Morgan fingerprint density at radius 3 is 2.72 bits per heavy atom. The molecule has 5 nitrogen and oxygen atoms in total. The van der Waals surface area contributed by atoms with Gasteiger partial charge < -0.3 is 10.1 Å². The maximum atomic E-state index is 11.4. The molecular weight excluding hydrogens is 252 g/mol. The number of anilines is 1. The van der Waals surface area contributed by atoms with Gasteiger partial charge in [0.2, 0.25) is 0 Å². The number of hydrogen-bond donors (Lipinski definition) is 1. The maximum Gasteiger partial charge on any atom is 0.339 e. The van der Waals surface area contributed by atoms with Gasteiger partial charge in [-0.3, -0.25) is 4.21 Å². The Morgan fingerprint density at radius 1 is 1.56 bits per heavy atom. The van der Waals surface area contributed by atoms with Crippen LogP contribution in [0.2, 0.25) is 0 Å². The minimum atomic E-state index is -0.867. The fourth-order valence-electron chi connectivity index (χ4n) is 1.35. The van der Waals surface area contributed by atoms with E-state index in [2.05, 4.69) is 15.0 Å². The number of esters is 1. The van der Waals surface area contributed by atoms with Gasteiger partial charge in [-0.25, -0.2) is 9.78 Å². The fourth-order valence-corrected chi connectivity index (χ4v) is 1.67. The van der Waals surface area contributed by atoms with Crippen molar-refractivity contribution in [2.45, 2.75) is 19.1 Å². The van der Waals surface area contributed by atoms with E-state index in [1.165, 1.54) is 7.11 Å². The van der Waals surface area contributed by atoms with Gasteiger partial charge in [0.15, 0.2) is 0 Å². The molecule has 0 aliphatic carbocycles. The summed E-state index contributed by atoms with van der Waals surface area (Å²) in [5.74, 6) is 0.270. The van der Waals surface area contributed by atoms with Crippen molar-refractivity contribution in [3.05, 3.63) is 23.4 Å². The van der Waals surface area contributed by atoms with Crippen molar-refractivity contribution in [1.82, 2.24) is 4.98 Å². The van der Waals surface area contributed by atoms with E-state index in [0.717, 1.165) is 0 Å². The quantitative estimate of drug-likeness (QED) is 0.818. The second kappa shape index (κ2) is 6.49. The molecule has 0 bridgehead atoms. The van der Waals surface area contributed by atoms with Gasteiger partial charge in [0.25, 0.3) is 0 Å². The Bertz CT molecular complexity index is 463. The van der Waals surface area contributed by atoms with Crippen molar-refractivity contribution >= 4 is 22.6 Å². The number of ether oxygens (including phenoxy) is 1. The first-order valence-corrected chi connectivity index (χ1v) is 7.20. The van der Waals surface area contributed by atoms with Crippen LogP contribution in [-0.4, -0.2) is 40.3 Å². The lowest BCUT2D eigenvalue weighted by atomic mass is 10.2. The summed E-state index contributed by atoms with van der Waals surface area (Å²) in [6.07, 6.45) is 1.67. The number of methoxy groups -OCH3 is 1. The van der Waals surface area contributed by atoms with Crippen molar-refractivity contribution in [3.63, 3.8) is 0 Å². The van der Waals surface area contributed by atoms with Crippen LogP contribution in [-0.2, 0) is 15.5 Å². The normalized spacial score (nSPS) is 13.8. The molecule has 0 aliphatic rings. The third-order valence-corrected chi connectivity index (χ3v) is 3.93. The first-order chi connectivity index (χ1) is 8.45. The minimum absolute atomic E-state index is 0.0485. The summed E-state index contributed by atoms with van der Waals surface area (Å²) < 4.78 is 15.9. The lowest BCUT2D eigenvalue weighted by Gasteiger charge is -2.11. The third kappa shape index (κ3) is 3.80. The van der Waals surface area contributed by atoms with E-state index < -0.39 is 16.8 Å². The zero-order chi connectivity index (χ0) is 13.7. The second-order valence-electron chi connectivity index (χ2n) is 4.01. The van der Waals surface area contributed by atoms with Gasteiger partial charge in [-0.1, -0.05) is 0 Å². The van der Waals surface area contributed by atoms with Gasteiger partial charge in [-0.2, -0.15) is 0 Å². The average Bonchev–Trinajstić information content (AvgIpc) is 2.34. The van der Waals surface area contributed by atoms with Gasteiger partial charge in [-0.05, 0) is 26.0 Å². The van der Waals surface area contributed by atoms with Crippen molar-refractivity contribution in [3.8, 4) is 0 Å². The Morgan fingerprint density at radius 2 is 2.22 bits per heavy atom. The van der Waals surface area contributed by atoms with Crippen LogP contribution in [0.15, 0.2) is 12.1 Å². The van der Waals surface area contributed by atoms with Crippen LogP contribution in [0.1, 0.15) is 23.0 Å². The van der Waals surface area contributed by atoms with E-state index in [-0.39, 0.29) is 5.25 Å². The summed E-state index contributed by atoms with van der Waals surface area (Å²) in [5, 5.41) is 3.14. The van der Waals surface area contributed by atoms with E-state index in [1.54, 1.807) is 25.3 Å². The topological polar surface area (TPSA) is 68.3 Å². The van der Waals surface area contributed by atoms with E-state index in [1.807, 2.05) is 6.92 Å². The van der Waals surface area contributed by atoms with E-state index in [9.17, 15) is 9.00 Å². The average molecular weight is 270 g/mol. The molecule has 0 saturated heterocycles. The van der Waals surface area contributed by atoms with Crippen LogP contribution < -0.4 is 5.32 Å². The monoisotopic (exact) mass is 270 g/mol. The number of hydrogen-bond acceptors (Lipinski definition) is 5. The highest BCUT2D eigenvalue weighted by atomic mass is 32.2. The van der Waals surface area contributed by atoms with E-state index in [4.69, 9.17) is 0 Å². The highest BCUT2D eigenvalue weighted by Crippen LogP contribution is 2.11. The van der Waals surface area contributed by atoms with E-state index >= 15 is 0 Å². The summed E-state index contributed by atoms with van der Waals surface area (Å²) in [5.41, 5.74) is 1.06. The van der Waals surface area contributed by atoms with Crippen LogP contribution in [0, 0.1) is 6.92 Å². The first-order valence-electron chi connectivity index (χ1n) is 5.57. The number of rotatable bonds is 5. The van der Waals surface area contributed by atoms with Crippen LogP contribution in [0.25, 0.3) is 0 Å². The molecule has 6 heteroatoms. The molecule has 0 spiro atoms. The molecule has 0 saturated carbocycles. The van der Waals surface area contributed by atoms with Crippen molar-refractivity contribution in [2.24, 2.45) is 0 Å². The molecule has 0 aliphatic heterocycles. The highest BCUT2D eigenvalue weighted by Gasteiger charge is 2.11. The minimum Gasteiger partial charge on any atom is -0.465 e. The Hall–Kier alpha value is -1.43. The summed E-state index contributed by atoms with van der Waals surface area (Å²) in [6.45, 7) is 4.23. The molecule has 0 fully saturated rings. The standard InChI is InChI=1S/C12H18N2O3S/c1-8(18(4)16)7-13-11-6-5-10(9(2)14-11)12(15)17-3/h5-6,8H,7H2,1-4H3,(H,13,14). The number of aryl methyl sites for hydroxylation is 1. The number of nitrogens with zero attached hydrogens (tertiary/aromatic N) is 1. The van der Waals surface area contributed by atoms with Gasteiger partial charge in [0, 0.05) is 28.9 Å². The highest BCUT2D eigenvalue weighted by molar-refractivity contribution is 7.84. The zero-order valence-electron chi connectivity index (χ0n) is 11.0. The fraction of sp³-hybridized carbons (Fsp3) is 0.500. The molecule has 0 aromatic carbocycles. The van der Waals surface area contributed by atoms with Gasteiger partial charge in [0.1, 0.15) is 5.82 Å². The van der Waals surface area contributed by atoms with Crippen LogP contribution >= 0.6 is 0 Å². The van der Waals surface area contributed by atoms with Gasteiger partial charge in [0.05, 0.1) is 18.4 Å². The van der Waals surface area contributed by atoms with Crippen LogP contribution in [0.4, 0.5) is 5.82 Å². The molecule has 1 rings (SSSR count). The molecule has 2 atom stereocenters. The van der Waals surface area contributed by atoms with Crippen molar-refractivity contribution in [1.29, 1.82) is 0 Å². The summed E-state index contributed by atoms with van der Waals surface area (Å²) in [7, 11) is 0.473. The van der Waals surface area contributed by atoms with Crippen LogP contribution in [0.5, 0.6) is 0 Å². The molecular formula is C12H18N2O3S. The van der Waals surface area contributed by atoms with Crippen LogP contribution in [0.3, 0.4) is 0 Å². The first kappa shape index (κ1) is 14.6. The predicted octanol–water partition coefficient (Wildman–Crippen LogP) is 1.36. The van der Waals surface area contributed by atoms with Crippen molar-refractivity contribution in [2.75, 3.05) is 25.2 Å². The second-order valence-corrected chi connectivity index (χ2v) is 5.81. The molecule has 1 aromatic heterocycles. The Kier molecular flexibility index (Phi) is 5.27. The third-order valence-electron chi connectivity index (χ3n) is 2.63. The molecule has 18 heavy (non-hydrogen) atoms. The molecule has 2 unspecified atom stereocenters. The van der Waals surface area contributed by atoms with E-state index in [0.29, 0.717) is 23.6 Å². The number of carbonyl (C=O) groups is 1. The molecule has 1 heterocycles. The lowest BCUT2D eigenvalue weighted by molar-refractivity contribution is 0.0599. The van der Waals surface area contributed by atoms with Gasteiger partial charge >= 0.3 is 5.97 Å².